The summed E-state index contributed by atoms with van der Waals surface area (Å²) in [6.07, 6.45) is 7.34. The average molecular weight is 313 g/mol. The number of hydrogen-bond donors (Lipinski definition) is 1. The zero-order valence-corrected chi connectivity index (χ0v) is 13.7. The second-order valence-electron chi connectivity index (χ2n) is 6.36. The maximum Gasteiger partial charge on any atom is 0.329 e. The van der Waals surface area contributed by atoms with Gasteiger partial charge in [0.05, 0.1) is 5.56 Å². The Balaban J connectivity index is 2.14. The minimum atomic E-state index is -0.381. The Morgan fingerprint density at radius 2 is 2.10 bits per heavy atom. The molecule has 0 amide bonds. The SMILES string of the molecule is CCCc1c(Cl)[nH]c(=O)n(CCC2CCCC(C)C2)c1=O. The van der Waals surface area contributed by atoms with Crippen molar-refractivity contribution < 1.29 is 0 Å². The van der Waals surface area contributed by atoms with Gasteiger partial charge in [-0.15, -0.1) is 0 Å². The van der Waals surface area contributed by atoms with Crippen LogP contribution >= 0.6 is 11.6 Å². The Hall–Kier alpha value is -1.03. The third kappa shape index (κ3) is 4.00. The Labute approximate surface area is 130 Å². The lowest BCUT2D eigenvalue weighted by molar-refractivity contribution is 0.259. The molecule has 2 unspecified atom stereocenters. The summed E-state index contributed by atoms with van der Waals surface area (Å²) in [5, 5.41) is 0.203. The summed E-state index contributed by atoms with van der Waals surface area (Å²) < 4.78 is 1.33. The molecule has 1 aromatic rings. The first-order valence-corrected chi connectivity index (χ1v) is 8.42. The number of nitrogens with zero attached hydrogens (tertiary/aromatic N) is 1. The minimum absolute atomic E-state index is 0.203. The van der Waals surface area contributed by atoms with Crippen LogP contribution in [0.3, 0.4) is 0 Å². The van der Waals surface area contributed by atoms with E-state index >= 15 is 0 Å². The minimum Gasteiger partial charge on any atom is -0.297 e. The second-order valence-corrected chi connectivity index (χ2v) is 6.73. The third-order valence-corrected chi connectivity index (χ3v) is 4.86. The number of aromatic nitrogens is 2. The molecule has 0 aliphatic heterocycles. The van der Waals surface area contributed by atoms with Gasteiger partial charge in [-0.05, 0) is 31.1 Å². The Morgan fingerprint density at radius 1 is 1.33 bits per heavy atom. The molecule has 0 spiro atoms. The van der Waals surface area contributed by atoms with Gasteiger partial charge in [0.1, 0.15) is 5.15 Å². The van der Waals surface area contributed by atoms with Crippen LogP contribution in [0.25, 0.3) is 0 Å². The van der Waals surface area contributed by atoms with Gasteiger partial charge >= 0.3 is 5.69 Å². The van der Waals surface area contributed by atoms with Gasteiger partial charge < -0.3 is 0 Å². The molecule has 0 saturated heterocycles. The van der Waals surface area contributed by atoms with E-state index in [-0.39, 0.29) is 16.4 Å². The van der Waals surface area contributed by atoms with Crippen LogP contribution in [0.2, 0.25) is 5.15 Å². The molecule has 21 heavy (non-hydrogen) atoms. The van der Waals surface area contributed by atoms with Crippen LogP contribution in [0, 0.1) is 11.8 Å². The van der Waals surface area contributed by atoms with E-state index in [0.29, 0.717) is 24.4 Å². The molecule has 118 valence electrons. The molecular weight excluding hydrogens is 288 g/mol. The molecule has 1 heterocycles. The fourth-order valence-corrected chi connectivity index (χ4v) is 3.65. The summed E-state index contributed by atoms with van der Waals surface area (Å²) in [6, 6.07) is 0. The normalized spacial score (nSPS) is 22.4. The highest BCUT2D eigenvalue weighted by Crippen LogP contribution is 2.30. The first-order valence-electron chi connectivity index (χ1n) is 8.04. The number of nitrogens with one attached hydrogen (secondary N) is 1. The fourth-order valence-electron chi connectivity index (χ4n) is 3.39. The Bertz CT molecular complexity index is 591. The first-order chi connectivity index (χ1) is 10.0. The lowest BCUT2D eigenvalue weighted by Crippen LogP contribution is -2.38. The van der Waals surface area contributed by atoms with Gasteiger partial charge in [0.2, 0.25) is 0 Å². The van der Waals surface area contributed by atoms with Crippen LogP contribution in [-0.2, 0) is 13.0 Å². The van der Waals surface area contributed by atoms with Crippen LogP contribution in [0.5, 0.6) is 0 Å². The van der Waals surface area contributed by atoms with E-state index in [1.54, 1.807) is 0 Å². The molecule has 1 fully saturated rings. The molecule has 0 radical (unpaired) electrons. The molecule has 2 rings (SSSR count). The van der Waals surface area contributed by atoms with Crippen molar-refractivity contribution in [3.63, 3.8) is 0 Å². The third-order valence-electron chi connectivity index (χ3n) is 4.54. The van der Waals surface area contributed by atoms with E-state index in [0.717, 1.165) is 18.8 Å². The van der Waals surface area contributed by atoms with Gasteiger partial charge in [-0.3, -0.25) is 14.3 Å². The van der Waals surface area contributed by atoms with Gasteiger partial charge in [0, 0.05) is 6.54 Å². The molecule has 5 heteroatoms. The van der Waals surface area contributed by atoms with Gasteiger partial charge in [0.25, 0.3) is 5.56 Å². The fraction of sp³-hybridized carbons (Fsp3) is 0.750. The molecule has 1 aliphatic carbocycles. The number of aromatic amines is 1. The van der Waals surface area contributed by atoms with Gasteiger partial charge in [0.15, 0.2) is 0 Å². The number of rotatable bonds is 5. The summed E-state index contributed by atoms with van der Waals surface area (Å²) in [5.41, 5.74) is -0.0565. The van der Waals surface area contributed by atoms with Crippen molar-refractivity contribution in [1.82, 2.24) is 9.55 Å². The Morgan fingerprint density at radius 3 is 2.76 bits per heavy atom. The molecule has 4 nitrogen and oxygen atoms in total. The number of halogens is 1. The van der Waals surface area contributed by atoms with Crippen molar-refractivity contribution in [3.8, 4) is 0 Å². The zero-order valence-electron chi connectivity index (χ0n) is 13.0. The van der Waals surface area contributed by atoms with E-state index in [4.69, 9.17) is 11.6 Å². The Kier molecular flexibility index (Phi) is 5.68. The topological polar surface area (TPSA) is 54.9 Å². The van der Waals surface area contributed by atoms with Crippen LogP contribution in [0.1, 0.15) is 57.9 Å². The average Bonchev–Trinajstić information content (AvgIpc) is 2.43. The summed E-state index contributed by atoms with van der Waals surface area (Å²) in [6.45, 7) is 4.78. The summed E-state index contributed by atoms with van der Waals surface area (Å²) in [4.78, 5) is 27.0. The highest BCUT2D eigenvalue weighted by Gasteiger charge is 2.20. The lowest BCUT2D eigenvalue weighted by Gasteiger charge is -2.26. The number of hydrogen-bond acceptors (Lipinski definition) is 2. The second kappa shape index (κ2) is 7.30. The predicted molar refractivity (Wildman–Crippen MR) is 86.1 cm³/mol. The van der Waals surface area contributed by atoms with E-state index in [1.165, 1.54) is 30.3 Å². The molecule has 1 N–H and O–H groups in total. The molecular formula is C16H25ClN2O2. The van der Waals surface area contributed by atoms with Gasteiger partial charge in [-0.25, -0.2) is 4.79 Å². The summed E-state index contributed by atoms with van der Waals surface area (Å²) >= 11 is 5.98. The van der Waals surface area contributed by atoms with Crippen LogP contribution < -0.4 is 11.2 Å². The van der Waals surface area contributed by atoms with Gasteiger partial charge in [-0.2, -0.15) is 0 Å². The van der Waals surface area contributed by atoms with Crippen molar-refractivity contribution in [2.45, 2.75) is 65.3 Å². The smallest absolute Gasteiger partial charge is 0.297 e. The summed E-state index contributed by atoms with van der Waals surface area (Å²) in [5.74, 6) is 1.39. The summed E-state index contributed by atoms with van der Waals surface area (Å²) in [7, 11) is 0. The van der Waals surface area contributed by atoms with Crippen molar-refractivity contribution in [1.29, 1.82) is 0 Å². The van der Waals surface area contributed by atoms with E-state index in [9.17, 15) is 9.59 Å². The first kappa shape index (κ1) is 16.3. The van der Waals surface area contributed by atoms with Crippen molar-refractivity contribution in [3.05, 3.63) is 31.6 Å². The molecule has 1 aliphatic rings. The van der Waals surface area contributed by atoms with E-state index in [2.05, 4.69) is 11.9 Å². The maximum absolute atomic E-state index is 12.4. The lowest BCUT2D eigenvalue weighted by atomic mass is 9.81. The van der Waals surface area contributed by atoms with E-state index < -0.39 is 0 Å². The molecule has 1 saturated carbocycles. The van der Waals surface area contributed by atoms with Crippen molar-refractivity contribution in [2.24, 2.45) is 11.8 Å². The maximum atomic E-state index is 12.4. The van der Waals surface area contributed by atoms with Crippen LogP contribution in [0.15, 0.2) is 9.59 Å². The van der Waals surface area contributed by atoms with Crippen LogP contribution in [0.4, 0.5) is 0 Å². The van der Waals surface area contributed by atoms with Crippen molar-refractivity contribution >= 4 is 11.6 Å². The predicted octanol–water partition coefficient (Wildman–Crippen LogP) is 3.36. The van der Waals surface area contributed by atoms with Gasteiger partial charge in [-0.1, -0.05) is 51.1 Å². The quantitative estimate of drug-likeness (QED) is 0.848. The highest BCUT2D eigenvalue weighted by atomic mass is 35.5. The molecule has 1 aromatic heterocycles. The van der Waals surface area contributed by atoms with Crippen molar-refractivity contribution in [2.75, 3.05) is 0 Å². The highest BCUT2D eigenvalue weighted by molar-refractivity contribution is 6.30. The zero-order chi connectivity index (χ0) is 15.4. The standard InChI is InChI=1S/C16H25ClN2O2/c1-3-5-13-14(17)18-16(21)19(15(13)20)9-8-12-7-4-6-11(2)10-12/h11-12H,3-10H2,1-2H3,(H,18,21). The molecule has 0 bridgehead atoms. The largest absolute Gasteiger partial charge is 0.329 e. The van der Waals surface area contributed by atoms with Crippen LogP contribution in [-0.4, -0.2) is 9.55 Å². The monoisotopic (exact) mass is 312 g/mol. The number of H-pyrrole nitrogens is 1. The molecule has 2 atom stereocenters. The molecule has 0 aromatic carbocycles. The van der Waals surface area contributed by atoms with E-state index in [1.807, 2.05) is 6.92 Å².